The highest BCUT2D eigenvalue weighted by molar-refractivity contribution is 6.30. The van der Waals surface area contributed by atoms with E-state index in [0.29, 0.717) is 18.9 Å². The van der Waals surface area contributed by atoms with Gasteiger partial charge in [-0.05, 0) is 49.9 Å². The van der Waals surface area contributed by atoms with E-state index < -0.39 is 0 Å². The summed E-state index contributed by atoms with van der Waals surface area (Å²) in [4.78, 5) is 44.8. The minimum atomic E-state index is -0.217. The summed E-state index contributed by atoms with van der Waals surface area (Å²) in [6.45, 7) is 9.31. The van der Waals surface area contributed by atoms with Crippen molar-refractivity contribution in [2.24, 2.45) is 0 Å². The molecule has 11 heteroatoms. The minimum absolute atomic E-state index is 0.0759. The maximum Gasteiger partial charge on any atom is 0.344 e. The monoisotopic (exact) mass is 541 g/mol. The van der Waals surface area contributed by atoms with Crippen molar-refractivity contribution in [2.45, 2.75) is 51.6 Å². The first-order chi connectivity index (χ1) is 18.2. The van der Waals surface area contributed by atoms with Crippen molar-refractivity contribution in [3.05, 3.63) is 41.0 Å². The van der Waals surface area contributed by atoms with Crippen LogP contribution in [0.25, 0.3) is 0 Å². The fourth-order valence-electron chi connectivity index (χ4n) is 6.18. The van der Waals surface area contributed by atoms with Gasteiger partial charge in [-0.25, -0.2) is 4.79 Å². The van der Waals surface area contributed by atoms with E-state index in [1.165, 1.54) is 17.2 Å². The SMILES string of the molecule is CC(=O)Nc1ccn(C(=O)N2CCC3(CCCN3Cc3ccc(Cl)cc3N3CCN(C(C)=O)CC3)CC2)n1. The smallest absolute Gasteiger partial charge is 0.344 e. The first-order valence-electron chi connectivity index (χ1n) is 13.4. The van der Waals surface area contributed by atoms with E-state index in [1.54, 1.807) is 19.2 Å². The molecule has 3 aliphatic heterocycles. The molecule has 0 aliphatic carbocycles. The molecule has 1 N–H and O–H groups in total. The molecule has 3 saturated heterocycles. The Morgan fingerprint density at radius 2 is 1.68 bits per heavy atom. The molecule has 0 radical (unpaired) electrons. The second kappa shape index (κ2) is 10.9. The summed E-state index contributed by atoms with van der Waals surface area (Å²) in [5.74, 6) is 0.286. The zero-order chi connectivity index (χ0) is 26.9. The van der Waals surface area contributed by atoms with Crippen LogP contribution in [0.5, 0.6) is 0 Å². The summed E-state index contributed by atoms with van der Waals surface area (Å²) in [7, 11) is 0. The Morgan fingerprint density at radius 1 is 0.947 bits per heavy atom. The lowest BCUT2D eigenvalue weighted by atomic mass is 9.84. The number of rotatable bonds is 4. The Labute approximate surface area is 228 Å². The average Bonchev–Trinajstić information content (AvgIpc) is 3.52. The number of nitrogens with zero attached hydrogens (tertiary/aromatic N) is 6. The summed E-state index contributed by atoms with van der Waals surface area (Å²) >= 11 is 6.43. The molecule has 0 unspecified atom stereocenters. The van der Waals surface area contributed by atoms with E-state index in [1.807, 2.05) is 15.9 Å². The predicted octanol–water partition coefficient (Wildman–Crippen LogP) is 3.26. The van der Waals surface area contributed by atoms with Gasteiger partial charge in [-0.3, -0.25) is 14.5 Å². The number of halogens is 1. The predicted molar refractivity (Wildman–Crippen MR) is 146 cm³/mol. The Morgan fingerprint density at radius 3 is 2.37 bits per heavy atom. The van der Waals surface area contributed by atoms with Crippen LogP contribution in [-0.4, -0.2) is 93.7 Å². The van der Waals surface area contributed by atoms with Gasteiger partial charge in [-0.1, -0.05) is 17.7 Å². The number of carbonyl (C=O) groups is 3. The summed E-state index contributed by atoms with van der Waals surface area (Å²) in [6.07, 6.45) is 5.70. The summed E-state index contributed by atoms with van der Waals surface area (Å²) < 4.78 is 1.31. The van der Waals surface area contributed by atoms with Crippen molar-refractivity contribution in [1.82, 2.24) is 24.5 Å². The van der Waals surface area contributed by atoms with Crippen LogP contribution in [0.4, 0.5) is 16.3 Å². The van der Waals surface area contributed by atoms with Crippen LogP contribution < -0.4 is 10.2 Å². The number of piperidine rings is 1. The van der Waals surface area contributed by atoms with Crippen molar-refractivity contribution in [3.8, 4) is 0 Å². The summed E-state index contributed by atoms with van der Waals surface area (Å²) in [5.41, 5.74) is 2.49. The highest BCUT2D eigenvalue weighted by Crippen LogP contribution is 2.40. The molecule has 3 amide bonds. The first-order valence-corrected chi connectivity index (χ1v) is 13.8. The third-order valence-corrected chi connectivity index (χ3v) is 8.50. The molecule has 1 spiro atoms. The number of carbonyl (C=O) groups excluding carboxylic acids is 3. The van der Waals surface area contributed by atoms with Gasteiger partial charge in [0.2, 0.25) is 11.8 Å². The molecule has 38 heavy (non-hydrogen) atoms. The van der Waals surface area contributed by atoms with Gasteiger partial charge in [0, 0.05) is 88.2 Å². The number of amides is 3. The van der Waals surface area contributed by atoms with E-state index in [2.05, 4.69) is 32.3 Å². The Bertz CT molecular complexity index is 1200. The topological polar surface area (TPSA) is 94.0 Å². The Balaban J connectivity index is 1.25. The third kappa shape index (κ3) is 5.51. The Hall–Kier alpha value is -3.11. The number of aromatic nitrogens is 2. The van der Waals surface area contributed by atoms with E-state index in [0.717, 1.165) is 75.7 Å². The van der Waals surface area contributed by atoms with Gasteiger partial charge in [0.1, 0.15) is 0 Å². The molecule has 1 aromatic carbocycles. The van der Waals surface area contributed by atoms with Gasteiger partial charge in [-0.2, -0.15) is 4.68 Å². The van der Waals surface area contributed by atoms with Crippen molar-refractivity contribution in [1.29, 1.82) is 0 Å². The number of anilines is 2. The molecule has 4 heterocycles. The van der Waals surface area contributed by atoms with Crippen LogP contribution in [0.15, 0.2) is 30.5 Å². The quantitative estimate of drug-likeness (QED) is 0.638. The Kier molecular flexibility index (Phi) is 7.63. The van der Waals surface area contributed by atoms with E-state index in [-0.39, 0.29) is 23.4 Å². The number of hydrogen-bond donors (Lipinski definition) is 1. The van der Waals surface area contributed by atoms with Crippen LogP contribution in [0, 0.1) is 0 Å². The molecule has 10 nitrogen and oxygen atoms in total. The standard InChI is InChI=1S/C27H36ClN7O3/c1-20(36)29-25-6-11-35(30-25)26(38)33-12-8-27(9-13-33)7-3-10-34(27)19-22-4-5-23(28)18-24(22)32-16-14-31(15-17-32)21(2)37/h4-6,11,18H,3,7-10,12-17,19H2,1-2H3,(H,29,30,36). The lowest BCUT2D eigenvalue weighted by molar-refractivity contribution is -0.129. The zero-order valence-electron chi connectivity index (χ0n) is 22.2. The molecule has 3 fully saturated rings. The maximum absolute atomic E-state index is 13.0. The highest BCUT2D eigenvalue weighted by Gasteiger charge is 2.44. The number of hydrogen-bond acceptors (Lipinski definition) is 6. The van der Waals surface area contributed by atoms with Crippen molar-refractivity contribution >= 4 is 41.0 Å². The molecule has 0 atom stereocenters. The molecule has 5 rings (SSSR count). The zero-order valence-corrected chi connectivity index (χ0v) is 22.9. The molecular formula is C27H36ClN7O3. The number of benzene rings is 1. The van der Waals surface area contributed by atoms with Crippen molar-refractivity contribution in [3.63, 3.8) is 0 Å². The van der Waals surface area contributed by atoms with Gasteiger partial charge < -0.3 is 20.0 Å². The van der Waals surface area contributed by atoms with Gasteiger partial charge in [0.25, 0.3) is 0 Å². The second-order valence-electron chi connectivity index (χ2n) is 10.6. The van der Waals surface area contributed by atoms with Crippen LogP contribution in [0.1, 0.15) is 45.1 Å². The molecule has 0 bridgehead atoms. The lowest BCUT2D eigenvalue weighted by Crippen LogP contribution is -2.53. The fraction of sp³-hybridized carbons (Fsp3) is 0.556. The first kappa shape index (κ1) is 26.5. The lowest BCUT2D eigenvalue weighted by Gasteiger charge is -2.45. The van der Waals surface area contributed by atoms with Gasteiger partial charge in [0.05, 0.1) is 0 Å². The largest absolute Gasteiger partial charge is 0.368 e. The number of piperazine rings is 1. The van der Waals surface area contributed by atoms with E-state index in [9.17, 15) is 14.4 Å². The fourth-order valence-corrected chi connectivity index (χ4v) is 6.34. The molecule has 2 aromatic rings. The summed E-state index contributed by atoms with van der Waals surface area (Å²) in [5, 5.41) is 7.54. The third-order valence-electron chi connectivity index (χ3n) is 8.27. The van der Waals surface area contributed by atoms with E-state index >= 15 is 0 Å². The van der Waals surface area contributed by atoms with E-state index in [4.69, 9.17) is 11.6 Å². The van der Waals surface area contributed by atoms with Crippen LogP contribution >= 0.6 is 11.6 Å². The molecule has 1 aromatic heterocycles. The highest BCUT2D eigenvalue weighted by atomic mass is 35.5. The molecule has 3 aliphatic rings. The molecular weight excluding hydrogens is 506 g/mol. The minimum Gasteiger partial charge on any atom is -0.368 e. The van der Waals surface area contributed by atoms with Crippen LogP contribution in [0.3, 0.4) is 0 Å². The van der Waals surface area contributed by atoms with Gasteiger partial charge in [-0.15, -0.1) is 5.10 Å². The van der Waals surface area contributed by atoms with Crippen LogP contribution in [0.2, 0.25) is 5.02 Å². The summed E-state index contributed by atoms with van der Waals surface area (Å²) in [6, 6.07) is 7.64. The maximum atomic E-state index is 13.0. The normalized spacial score (nSPS) is 19.7. The van der Waals surface area contributed by atoms with Gasteiger partial charge in [0.15, 0.2) is 5.82 Å². The number of likely N-dealkylation sites (tertiary alicyclic amines) is 2. The van der Waals surface area contributed by atoms with Gasteiger partial charge >= 0.3 is 6.03 Å². The number of nitrogens with one attached hydrogen (secondary N) is 1. The van der Waals surface area contributed by atoms with Crippen LogP contribution in [-0.2, 0) is 16.1 Å². The van der Waals surface area contributed by atoms with Crippen molar-refractivity contribution < 1.29 is 14.4 Å². The molecule has 0 saturated carbocycles. The average molecular weight is 542 g/mol. The second-order valence-corrected chi connectivity index (χ2v) is 11.0. The van der Waals surface area contributed by atoms with Crippen molar-refractivity contribution in [2.75, 3.05) is 56.0 Å². The molecule has 204 valence electrons.